The van der Waals surface area contributed by atoms with E-state index in [0.29, 0.717) is 5.75 Å². The third-order valence-corrected chi connectivity index (χ3v) is 4.43. The van der Waals surface area contributed by atoms with Crippen molar-refractivity contribution in [3.8, 4) is 5.75 Å². The van der Waals surface area contributed by atoms with Crippen LogP contribution in [0.2, 0.25) is 0 Å². The summed E-state index contributed by atoms with van der Waals surface area (Å²) in [5, 5.41) is 0. The zero-order chi connectivity index (χ0) is 17.3. The predicted molar refractivity (Wildman–Crippen MR) is 79.7 cm³/mol. The molecule has 0 atom stereocenters. The van der Waals surface area contributed by atoms with Crippen LogP contribution in [0.5, 0.6) is 5.75 Å². The SMILES string of the molecule is COc1ccc(S(=O)(=O)Nc2ccc(C(F)(F)F)cc2)c(N)c1. The summed E-state index contributed by atoms with van der Waals surface area (Å²) in [5.74, 6) is 0.385. The van der Waals surface area contributed by atoms with Crippen LogP contribution < -0.4 is 15.2 Å². The van der Waals surface area contributed by atoms with Crippen molar-refractivity contribution in [2.75, 3.05) is 17.6 Å². The lowest BCUT2D eigenvalue weighted by atomic mass is 10.2. The minimum atomic E-state index is -4.49. The van der Waals surface area contributed by atoms with Crippen LogP contribution in [0.3, 0.4) is 0 Å². The number of hydrogen-bond donors (Lipinski definition) is 2. The Labute approximate surface area is 130 Å². The summed E-state index contributed by atoms with van der Waals surface area (Å²) in [5.41, 5.74) is 4.75. The van der Waals surface area contributed by atoms with Gasteiger partial charge in [0.25, 0.3) is 10.0 Å². The van der Waals surface area contributed by atoms with Gasteiger partial charge in [-0.05, 0) is 36.4 Å². The predicted octanol–water partition coefficient (Wildman–Crippen LogP) is 3.10. The van der Waals surface area contributed by atoms with Gasteiger partial charge in [0.15, 0.2) is 0 Å². The lowest BCUT2D eigenvalue weighted by molar-refractivity contribution is -0.137. The monoisotopic (exact) mass is 346 g/mol. The Morgan fingerprint density at radius 2 is 1.70 bits per heavy atom. The highest BCUT2D eigenvalue weighted by molar-refractivity contribution is 7.92. The van der Waals surface area contributed by atoms with E-state index in [1.165, 1.54) is 25.3 Å². The van der Waals surface area contributed by atoms with Gasteiger partial charge < -0.3 is 10.5 Å². The van der Waals surface area contributed by atoms with Gasteiger partial charge in [0.2, 0.25) is 0 Å². The molecule has 2 rings (SSSR count). The molecule has 0 aliphatic carbocycles. The molecule has 0 aliphatic heterocycles. The standard InChI is InChI=1S/C14H13F3N2O3S/c1-22-11-6-7-13(12(18)8-11)23(20,21)19-10-4-2-9(3-5-10)14(15,16)17/h2-8,19H,18H2,1H3. The number of methoxy groups -OCH3 is 1. The number of halogens is 3. The average Bonchev–Trinajstić information content (AvgIpc) is 2.46. The fourth-order valence-corrected chi connectivity index (χ4v) is 3.01. The molecular weight excluding hydrogens is 333 g/mol. The van der Waals surface area contributed by atoms with Crippen molar-refractivity contribution >= 4 is 21.4 Å². The van der Waals surface area contributed by atoms with Crippen LogP contribution in [0.25, 0.3) is 0 Å². The van der Waals surface area contributed by atoms with Crippen LogP contribution in [0.4, 0.5) is 24.5 Å². The number of hydrogen-bond acceptors (Lipinski definition) is 4. The maximum Gasteiger partial charge on any atom is 0.416 e. The van der Waals surface area contributed by atoms with Crippen molar-refractivity contribution in [2.45, 2.75) is 11.1 Å². The third-order valence-electron chi connectivity index (χ3n) is 2.97. The summed E-state index contributed by atoms with van der Waals surface area (Å²) in [4.78, 5) is -0.196. The molecule has 3 N–H and O–H groups in total. The second-order valence-corrected chi connectivity index (χ2v) is 6.24. The lowest BCUT2D eigenvalue weighted by Crippen LogP contribution is -2.15. The quantitative estimate of drug-likeness (QED) is 0.834. The van der Waals surface area contributed by atoms with Gasteiger partial charge >= 0.3 is 6.18 Å². The molecule has 0 amide bonds. The highest BCUT2D eigenvalue weighted by atomic mass is 32.2. The number of sulfonamides is 1. The van der Waals surface area contributed by atoms with E-state index < -0.39 is 21.8 Å². The normalized spacial score (nSPS) is 12.0. The number of ether oxygens (including phenoxy) is 1. The molecule has 0 saturated heterocycles. The largest absolute Gasteiger partial charge is 0.497 e. The first-order valence-electron chi connectivity index (χ1n) is 6.27. The van der Waals surface area contributed by atoms with Crippen molar-refractivity contribution in [3.05, 3.63) is 48.0 Å². The summed E-state index contributed by atoms with van der Waals surface area (Å²) in [6.07, 6.45) is -4.49. The fourth-order valence-electron chi connectivity index (χ4n) is 1.84. The minimum absolute atomic E-state index is 0.00628. The van der Waals surface area contributed by atoms with Crippen LogP contribution >= 0.6 is 0 Å². The second-order valence-electron chi connectivity index (χ2n) is 4.58. The molecule has 2 aromatic carbocycles. The summed E-state index contributed by atoms with van der Waals surface area (Å²) >= 11 is 0. The van der Waals surface area contributed by atoms with Crippen LogP contribution in [-0.4, -0.2) is 15.5 Å². The molecule has 0 radical (unpaired) electrons. The van der Waals surface area contributed by atoms with Gasteiger partial charge in [-0.2, -0.15) is 13.2 Å². The number of nitrogen functional groups attached to an aromatic ring is 1. The molecule has 2 aromatic rings. The molecular formula is C14H13F3N2O3S. The Balaban J connectivity index is 2.28. The lowest BCUT2D eigenvalue weighted by Gasteiger charge is -2.12. The van der Waals surface area contributed by atoms with Crippen molar-refractivity contribution < 1.29 is 26.3 Å². The number of benzene rings is 2. The zero-order valence-corrected chi connectivity index (χ0v) is 12.7. The van der Waals surface area contributed by atoms with Crippen LogP contribution in [0.15, 0.2) is 47.4 Å². The van der Waals surface area contributed by atoms with Crippen molar-refractivity contribution in [2.24, 2.45) is 0 Å². The first kappa shape index (κ1) is 16.9. The summed E-state index contributed by atoms with van der Waals surface area (Å²) in [6.45, 7) is 0. The fraction of sp³-hybridized carbons (Fsp3) is 0.143. The minimum Gasteiger partial charge on any atom is -0.497 e. The second kappa shape index (κ2) is 5.99. The number of alkyl halides is 3. The molecule has 0 aliphatic rings. The van der Waals surface area contributed by atoms with E-state index in [9.17, 15) is 21.6 Å². The Morgan fingerprint density at radius 1 is 1.09 bits per heavy atom. The van der Waals surface area contributed by atoms with Gasteiger partial charge in [0.1, 0.15) is 10.6 Å². The molecule has 9 heteroatoms. The summed E-state index contributed by atoms with van der Waals surface area (Å²) in [7, 11) is -2.62. The van der Waals surface area contributed by atoms with Crippen molar-refractivity contribution in [1.29, 1.82) is 0 Å². The van der Waals surface area contributed by atoms with Gasteiger partial charge in [0, 0.05) is 11.8 Å². The first-order valence-corrected chi connectivity index (χ1v) is 7.75. The zero-order valence-electron chi connectivity index (χ0n) is 11.9. The number of rotatable bonds is 4. The number of anilines is 2. The van der Waals surface area contributed by atoms with Gasteiger partial charge in [-0.15, -0.1) is 0 Å². The number of nitrogens with two attached hydrogens (primary N) is 1. The summed E-state index contributed by atoms with van der Waals surface area (Å²) < 4.78 is 69.0. The van der Waals surface area contributed by atoms with E-state index in [1.807, 2.05) is 0 Å². The van der Waals surface area contributed by atoms with Crippen molar-refractivity contribution in [1.82, 2.24) is 0 Å². The molecule has 0 heterocycles. The Morgan fingerprint density at radius 3 is 2.17 bits per heavy atom. The van der Waals surface area contributed by atoms with Crippen LogP contribution in [-0.2, 0) is 16.2 Å². The van der Waals surface area contributed by atoms with Crippen molar-refractivity contribution in [3.63, 3.8) is 0 Å². The maximum absolute atomic E-state index is 12.5. The Hall–Kier alpha value is -2.42. The van der Waals surface area contributed by atoms with Gasteiger partial charge in [-0.25, -0.2) is 8.42 Å². The molecule has 0 unspecified atom stereocenters. The van der Waals surface area contributed by atoms with E-state index in [2.05, 4.69) is 4.72 Å². The molecule has 0 spiro atoms. The molecule has 0 fully saturated rings. The topological polar surface area (TPSA) is 81.4 Å². The highest BCUT2D eigenvalue weighted by Crippen LogP contribution is 2.31. The Kier molecular flexibility index (Phi) is 4.42. The molecule has 0 bridgehead atoms. The van der Waals surface area contributed by atoms with E-state index in [1.54, 1.807) is 0 Å². The summed E-state index contributed by atoms with van der Waals surface area (Å²) in [6, 6.07) is 7.63. The first-order chi connectivity index (χ1) is 10.6. The van der Waals surface area contributed by atoms with Gasteiger partial charge in [-0.3, -0.25) is 4.72 Å². The smallest absolute Gasteiger partial charge is 0.416 e. The van der Waals surface area contributed by atoms with E-state index in [0.717, 1.165) is 24.3 Å². The molecule has 23 heavy (non-hydrogen) atoms. The average molecular weight is 346 g/mol. The van der Waals surface area contributed by atoms with E-state index in [-0.39, 0.29) is 16.3 Å². The van der Waals surface area contributed by atoms with Gasteiger partial charge in [0.05, 0.1) is 18.4 Å². The molecule has 0 aromatic heterocycles. The number of nitrogens with one attached hydrogen (secondary N) is 1. The van der Waals surface area contributed by atoms with Gasteiger partial charge in [-0.1, -0.05) is 0 Å². The Bertz CT molecular complexity index is 803. The van der Waals surface area contributed by atoms with Crippen LogP contribution in [0, 0.1) is 0 Å². The molecule has 124 valence electrons. The molecule has 0 saturated carbocycles. The van der Waals surface area contributed by atoms with E-state index >= 15 is 0 Å². The van der Waals surface area contributed by atoms with E-state index in [4.69, 9.17) is 10.5 Å². The van der Waals surface area contributed by atoms with Crippen LogP contribution in [0.1, 0.15) is 5.56 Å². The highest BCUT2D eigenvalue weighted by Gasteiger charge is 2.30. The third kappa shape index (κ3) is 3.86. The molecule has 5 nitrogen and oxygen atoms in total. The maximum atomic E-state index is 12.5.